The van der Waals surface area contributed by atoms with Gasteiger partial charge < -0.3 is 5.32 Å². The van der Waals surface area contributed by atoms with E-state index in [1.54, 1.807) is 10.7 Å². The quantitative estimate of drug-likeness (QED) is 0.730. The lowest BCUT2D eigenvalue weighted by Crippen LogP contribution is -2.16. The van der Waals surface area contributed by atoms with Crippen molar-refractivity contribution in [1.82, 2.24) is 9.78 Å². The van der Waals surface area contributed by atoms with E-state index in [4.69, 9.17) is 0 Å². The van der Waals surface area contributed by atoms with Gasteiger partial charge in [0.05, 0.1) is 23.2 Å². The number of hydrogen-bond acceptors (Lipinski definition) is 4. The Morgan fingerprint density at radius 3 is 2.46 bits per heavy atom. The summed E-state index contributed by atoms with van der Waals surface area (Å²) in [5.74, 6) is -0.712. The molecule has 144 valence electrons. The van der Waals surface area contributed by atoms with Crippen molar-refractivity contribution in [3.63, 3.8) is 0 Å². The van der Waals surface area contributed by atoms with E-state index in [1.165, 1.54) is 24.3 Å². The highest BCUT2D eigenvalue weighted by Gasteiger charge is 2.32. The van der Waals surface area contributed by atoms with E-state index in [2.05, 4.69) is 10.4 Å². The summed E-state index contributed by atoms with van der Waals surface area (Å²) in [6.45, 7) is 0. The number of rotatable bonds is 4. The predicted molar refractivity (Wildman–Crippen MR) is 104 cm³/mol. The molecule has 1 N–H and O–H groups in total. The number of amides is 1. The lowest BCUT2D eigenvalue weighted by molar-refractivity contribution is 0.102. The number of carbonyl (C=O) groups is 1. The third-order valence-electron chi connectivity index (χ3n) is 4.69. The van der Waals surface area contributed by atoms with E-state index >= 15 is 0 Å². The number of aromatic nitrogens is 2. The highest BCUT2D eigenvalue weighted by Crippen LogP contribution is 2.30. The summed E-state index contributed by atoms with van der Waals surface area (Å²) < 4.78 is 38.5. The highest BCUT2D eigenvalue weighted by molar-refractivity contribution is 7.91. The van der Waals surface area contributed by atoms with Crippen molar-refractivity contribution in [3.8, 4) is 11.3 Å². The van der Waals surface area contributed by atoms with Crippen LogP contribution in [0.25, 0.3) is 11.3 Å². The summed E-state index contributed by atoms with van der Waals surface area (Å²) in [5, 5.41) is 7.10. The number of nitrogens with zero attached hydrogens (tertiary/aromatic N) is 2. The molecular weight excluding hydrogens is 381 g/mol. The molecule has 1 atom stereocenters. The fourth-order valence-electron chi connectivity index (χ4n) is 3.30. The van der Waals surface area contributed by atoms with Crippen molar-refractivity contribution in [2.75, 3.05) is 16.8 Å². The second-order valence-corrected chi connectivity index (χ2v) is 8.97. The highest BCUT2D eigenvalue weighted by atomic mass is 32.2. The molecule has 1 amide bonds. The fraction of sp³-hybridized carbons (Fsp3) is 0.200. The van der Waals surface area contributed by atoms with Crippen molar-refractivity contribution in [3.05, 3.63) is 72.2 Å². The first kappa shape index (κ1) is 18.4. The van der Waals surface area contributed by atoms with Crippen LogP contribution in [0.1, 0.15) is 23.0 Å². The van der Waals surface area contributed by atoms with E-state index in [-0.39, 0.29) is 23.2 Å². The van der Waals surface area contributed by atoms with E-state index < -0.39 is 21.6 Å². The van der Waals surface area contributed by atoms with Gasteiger partial charge in [-0.1, -0.05) is 30.3 Å². The molecule has 1 aliphatic heterocycles. The summed E-state index contributed by atoms with van der Waals surface area (Å²) in [7, 11) is -3.10. The topological polar surface area (TPSA) is 81.1 Å². The van der Waals surface area contributed by atoms with Crippen molar-refractivity contribution < 1.29 is 17.6 Å². The maximum absolute atomic E-state index is 13.0. The van der Waals surface area contributed by atoms with Crippen LogP contribution in [-0.4, -0.2) is 35.6 Å². The van der Waals surface area contributed by atoms with Crippen LogP contribution < -0.4 is 5.32 Å². The van der Waals surface area contributed by atoms with Gasteiger partial charge in [-0.15, -0.1) is 0 Å². The molecule has 8 heteroatoms. The van der Waals surface area contributed by atoms with Gasteiger partial charge in [-0.3, -0.25) is 9.48 Å². The summed E-state index contributed by atoms with van der Waals surface area (Å²) in [6, 6.07) is 16.2. The maximum Gasteiger partial charge on any atom is 0.276 e. The molecule has 6 nitrogen and oxygen atoms in total. The molecule has 0 aliphatic carbocycles. The predicted octanol–water partition coefficient (Wildman–Crippen LogP) is 3.30. The minimum Gasteiger partial charge on any atom is -0.321 e. The minimum absolute atomic E-state index is 0.00747. The normalized spacial score (nSPS) is 18.1. The van der Waals surface area contributed by atoms with Gasteiger partial charge in [0.2, 0.25) is 0 Å². The number of anilines is 1. The summed E-state index contributed by atoms with van der Waals surface area (Å²) in [5.41, 5.74) is 2.16. The van der Waals surface area contributed by atoms with Crippen LogP contribution in [-0.2, 0) is 9.84 Å². The molecule has 0 bridgehead atoms. The van der Waals surface area contributed by atoms with Gasteiger partial charge in [0.15, 0.2) is 15.5 Å². The van der Waals surface area contributed by atoms with Crippen LogP contribution in [0.2, 0.25) is 0 Å². The molecular formula is C20H18FN3O3S. The van der Waals surface area contributed by atoms with E-state index in [0.717, 1.165) is 5.56 Å². The Kier molecular flexibility index (Phi) is 4.72. The molecule has 2 aromatic carbocycles. The molecule has 0 spiro atoms. The van der Waals surface area contributed by atoms with Crippen LogP contribution in [0.5, 0.6) is 0 Å². The second-order valence-electron chi connectivity index (χ2n) is 6.74. The van der Waals surface area contributed by atoms with Crippen molar-refractivity contribution >= 4 is 21.4 Å². The number of hydrogen-bond donors (Lipinski definition) is 1. The minimum atomic E-state index is -3.10. The first-order valence-electron chi connectivity index (χ1n) is 8.84. The lowest BCUT2D eigenvalue weighted by atomic mass is 10.1. The van der Waals surface area contributed by atoms with Crippen molar-refractivity contribution in [1.29, 1.82) is 0 Å². The molecule has 3 aromatic rings. The summed E-state index contributed by atoms with van der Waals surface area (Å²) in [4.78, 5) is 12.6. The number of carbonyl (C=O) groups excluding carboxylic acids is 1. The smallest absolute Gasteiger partial charge is 0.276 e. The SMILES string of the molecule is O=C(Nc1ccc(F)cc1)c1cc(-c2ccccc2)n(C2CCS(=O)(=O)C2)n1. The number of benzene rings is 2. The molecule has 28 heavy (non-hydrogen) atoms. The molecule has 1 saturated heterocycles. The molecule has 4 rings (SSSR count). The van der Waals surface area contributed by atoms with Gasteiger partial charge >= 0.3 is 0 Å². The van der Waals surface area contributed by atoms with Crippen LogP contribution in [0.15, 0.2) is 60.7 Å². The van der Waals surface area contributed by atoms with E-state index in [9.17, 15) is 17.6 Å². The Labute approximate surface area is 161 Å². The van der Waals surface area contributed by atoms with Gasteiger partial charge in [0.25, 0.3) is 5.91 Å². The van der Waals surface area contributed by atoms with Crippen molar-refractivity contribution in [2.45, 2.75) is 12.5 Å². The first-order valence-corrected chi connectivity index (χ1v) is 10.7. The Bertz CT molecular complexity index is 1110. The van der Waals surface area contributed by atoms with Crippen molar-refractivity contribution in [2.24, 2.45) is 0 Å². The molecule has 1 aliphatic rings. The maximum atomic E-state index is 13.0. The average molecular weight is 399 g/mol. The molecule has 0 saturated carbocycles. The van der Waals surface area contributed by atoms with Crippen LogP contribution >= 0.6 is 0 Å². The molecule has 2 heterocycles. The zero-order valence-electron chi connectivity index (χ0n) is 14.9. The summed E-state index contributed by atoms with van der Waals surface area (Å²) >= 11 is 0. The van der Waals surface area contributed by atoms with E-state index in [1.807, 2.05) is 30.3 Å². The molecule has 0 radical (unpaired) electrons. The number of halogens is 1. The van der Waals surface area contributed by atoms with Gasteiger partial charge in [-0.2, -0.15) is 5.10 Å². The van der Waals surface area contributed by atoms with Gasteiger partial charge in [0, 0.05) is 5.69 Å². The zero-order valence-corrected chi connectivity index (χ0v) is 15.7. The lowest BCUT2D eigenvalue weighted by Gasteiger charge is -2.13. The second kappa shape index (κ2) is 7.20. The van der Waals surface area contributed by atoms with Gasteiger partial charge in [-0.05, 0) is 42.3 Å². The Morgan fingerprint density at radius 2 is 1.82 bits per heavy atom. The molecule has 1 unspecified atom stereocenters. The van der Waals surface area contributed by atoms with Gasteiger partial charge in [0.1, 0.15) is 5.82 Å². The number of sulfone groups is 1. The van der Waals surface area contributed by atoms with Gasteiger partial charge in [-0.25, -0.2) is 12.8 Å². The van der Waals surface area contributed by atoms with E-state index in [0.29, 0.717) is 17.8 Å². The third-order valence-corrected chi connectivity index (χ3v) is 6.44. The molecule has 1 aromatic heterocycles. The average Bonchev–Trinajstić information content (AvgIpc) is 3.28. The zero-order chi connectivity index (χ0) is 19.7. The van der Waals surface area contributed by atoms with Crippen LogP contribution in [0.3, 0.4) is 0 Å². The largest absolute Gasteiger partial charge is 0.321 e. The summed E-state index contributed by atoms with van der Waals surface area (Å²) in [6.07, 6.45) is 0.461. The number of nitrogens with one attached hydrogen (secondary N) is 1. The molecule has 1 fully saturated rings. The van der Waals surface area contributed by atoms with Crippen LogP contribution in [0.4, 0.5) is 10.1 Å². The van der Waals surface area contributed by atoms with Crippen LogP contribution in [0, 0.1) is 5.82 Å². The fourth-order valence-corrected chi connectivity index (χ4v) is 5.00. The Balaban J connectivity index is 1.68. The first-order chi connectivity index (χ1) is 13.4. The third kappa shape index (κ3) is 3.82. The standard InChI is InChI=1S/C20H18FN3O3S/c21-15-6-8-16(9-7-15)22-20(25)18-12-19(14-4-2-1-3-5-14)24(23-18)17-10-11-28(26,27)13-17/h1-9,12,17H,10-11,13H2,(H,22,25). The monoisotopic (exact) mass is 399 g/mol. The Morgan fingerprint density at radius 1 is 1.11 bits per heavy atom. The Hall–Kier alpha value is -3.00.